The minimum atomic E-state index is -0.0765. The molecule has 1 saturated heterocycles. The molecule has 2 heterocycles. The van der Waals surface area contributed by atoms with E-state index in [9.17, 15) is 0 Å². The lowest BCUT2D eigenvalue weighted by Gasteiger charge is -2.21. The van der Waals surface area contributed by atoms with Gasteiger partial charge in [-0.1, -0.05) is 6.92 Å². The van der Waals surface area contributed by atoms with Gasteiger partial charge < -0.3 is 14.8 Å². The fourth-order valence-electron chi connectivity index (χ4n) is 2.29. The van der Waals surface area contributed by atoms with Crippen LogP contribution < -0.4 is 5.32 Å². The number of ether oxygens (including phenoxy) is 2. The van der Waals surface area contributed by atoms with E-state index in [1.54, 1.807) is 6.33 Å². The molecule has 1 aliphatic rings. The van der Waals surface area contributed by atoms with E-state index in [4.69, 9.17) is 9.47 Å². The summed E-state index contributed by atoms with van der Waals surface area (Å²) in [6.45, 7) is 7.51. The van der Waals surface area contributed by atoms with Crippen LogP contribution in [-0.2, 0) is 22.4 Å². The van der Waals surface area contributed by atoms with Gasteiger partial charge in [0.25, 0.3) is 0 Å². The van der Waals surface area contributed by atoms with Crippen molar-refractivity contribution in [2.75, 3.05) is 19.8 Å². The molecule has 0 amide bonds. The highest BCUT2D eigenvalue weighted by Crippen LogP contribution is 2.13. The summed E-state index contributed by atoms with van der Waals surface area (Å²) in [5.74, 6) is 1.02. The van der Waals surface area contributed by atoms with Gasteiger partial charge in [-0.15, -0.1) is 0 Å². The first-order chi connectivity index (χ1) is 9.33. The molecule has 6 heteroatoms. The number of hydrogen-bond acceptors (Lipinski definition) is 5. The van der Waals surface area contributed by atoms with E-state index in [1.807, 2.05) is 4.68 Å². The van der Waals surface area contributed by atoms with E-state index in [2.05, 4.69) is 29.2 Å². The zero-order valence-corrected chi connectivity index (χ0v) is 11.8. The van der Waals surface area contributed by atoms with E-state index < -0.39 is 0 Å². The van der Waals surface area contributed by atoms with E-state index in [0.717, 1.165) is 38.2 Å². The summed E-state index contributed by atoms with van der Waals surface area (Å²) >= 11 is 0. The highest BCUT2D eigenvalue weighted by molar-refractivity contribution is 4.90. The Kier molecular flexibility index (Phi) is 5.75. The molecule has 0 saturated carbocycles. The Balaban J connectivity index is 1.92. The Morgan fingerprint density at radius 1 is 1.42 bits per heavy atom. The third kappa shape index (κ3) is 4.26. The van der Waals surface area contributed by atoms with Crippen molar-refractivity contribution in [3.8, 4) is 0 Å². The van der Waals surface area contributed by atoms with Gasteiger partial charge in [-0.05, 0) is 19.9 Å². The summed E-state index contributed by atoms with van der Waals surface area (Å²) in [5, 5.41) is 7.76. The zero-order chi connectivity index (χ0) is 13.5. The largest absolute Gasteiger partial charge is 0.350 e. The van der Waals surface area contributed by atoms with Gasteiger partial charge in [0.15, 0.2) is 6.29 Å². The maximum absolute atomic E-state index is 5.53. The van der Waals surface area contributed by atoms with Crippen molar-refractivity contribution in [1.82, 2.24) is 20.1 Å². The van der Waals surface area contributed by atoms with Crippen molar-refractivity contribution in [3.05, 3.63) is 12.2 Å². The SMILES string of the molecule is CCCNC(Cc1ncnn1CC)CC1OCCO1. The minimum absolute atomic E-state index is 0.0765. The second-order valence-corrected chi connectivity index (χ2v) is 4.75. The van der Waals surface area contributed by atoms with Gasteiger partial charge in [0.05, 0.1) is 13.2 Å². The van der Waals surface area contributed by atoms with Gasteiger partial charge in [0.2, 0.25) is 0 Å². The molecule has 108 valence electrons. The van der Waals surface area contributed by atoms with Crippen molar-refractivity contribution >= 4 is 0 Å². The normalized spacial score (nSPS) is 18.0. The summed E-state index contributed by atoms with van der Waals surface area (Å²) in [7, 11) is 0. The molecule has 1 aliphatic heterocycles. The van der Waals surface area contributed by atoms with Gasteiger partial charge in [-0.25, -0.2) is 4.98 Å². The first kappa shape index (κ1) is 14.4. The van der Waals surface area contributed by atoms with Crippen LogP contribution in [0, 0.1) is 0 Å². The van der Waals surface area contributed by atoms with Crippen molar-refractivity contribution in [3.63, 3.8) is 0 Å². The average Bonchev–Trinajstić information content (AvgIpc) is 3.07. The summed E-state index contributed by atoms with van der Waals surface area (Å²) < 4.78 is 13.0. The first-order valence-corrected chi connectivity index (χ1v) is 7.16. The van der Waals surface area contributed by atoms with Crippen molar-refractivity contribution in [2.45, 2.75) is 52.0 Å². The van der Waals surface area contributed by atoms with Crippen LogP contribution >= 0.6 is 0 Å². The topological polar surface area (TPSA) is 61.2 Å². The fourth-order valence-corrected chi connectivity index (χ4v) is 2.29. The Morgan fingerprint density at radius 3 is 2.89 bits per heavy atom. The van der Waals surface area contributed by atoms with Gasteiger partial charge >= 0.3 is 0 Å². The lowest BCUT2D eigenvalue weighted by atomic mass is 10.1. The predicted octanol–water partition coefficient (Wildman–Crippen LogP) is 0.972. The smallest absolute Gasteiger partial charge is 0.159 e. The number of aromatic nitrogens is 3. The highest BCUT2D eigenvalue weighted by atomic mass is 16.7. The van der Waals surface area contributed by atoms with Crippen LogP contribution in [0.25, 0.3) is 0 Å². The molecule has 19 heavy (non-hydrogen) atoms. The molecular formula is C13H24N4O2. The standard InChI is InChI=1S/C13H24N4O2/c1-3-5-14-11(9-13-18-6-7-19-13)8-12-15-10-16-17(12)4-2/h10-11,13-14H,3-9H2,1-2H3. The van der Waals surface area contributed by atoms with Gasteiger partial charge in [0, 0.05) is 25.4 Å². The third-order valence-electron chi connectivity index (χ3n) is 3.28. The maximum Gasteiger partial charge on any atom is 0.159 e. The molecule has 0 spiro atoms. The van der Waals surface area contributed by atoms with E-state index >= 15 is 0 Å². The zero-order valence-electron chi connectivity index (χ0n) is 11.8. The fraction of sp³-hybridized carbons (Fsp3) is 0.846. The summed E-state index contributed by atoms with van der Waals surface area (Å²) in [6.07, 6.45) is 4.38. The molecular weight excluding hydrogens is 244 g/mol. The van der Waals surface area contributed by atoms with Crippen LogP contribution in [0.2, 0.25) is 0 Å². The minimum Gasteiger partial charge on any atom is -0.350 e. The molecule has 1 fully saturated rings. The van der Waals surface area contributed by atoms with Crippen molar-refractivity contribution in [2.24, 2.45) is 0 Å². The number of aryl methyl sites for hydroxylation is 1. The van der Waals surface area contributed by atoms with Crippen molar-refractivity contribution in [1.29, 1.82) is 0 Å². The molecule has 0 aromatic carbocycles. The van der Waals surface area contributed by atoms with Gasteiger partial charge in [-0.3, -0.25) is 4.68 Å². The molecule has 1 aromatic rings. The maximum atomic E-state index is 5.53. The molecule has 6 nitrogen and oxygen atoms in total. The Hall–Kier alpha value is -0.980. The molecule has 0 aliphatic carbocycles. The van der Waals surface area contributed by atoms with Crippen LogP contribution in [0.1, 0.15) is 32.5 Å². The first-order valence-electron chi connectivity index (χ1n) is 7.16. The van der Waals surface area contributed by atoms with Gasteiger partial charge in [0.1, 0.15) is 12.2 Å². The van der Waals surface area contributed by atoms with Crippen molar-refractivity contribution < 1.29 is 9.47 Å². The predicted molar refractivity (Wildman–Crippen MR) is 71.8 cm³/mol. The van der Waals surface area contributed by atoms with E-state index in [1.165, 1.54) is 0 Å². The highest BCUT2D eigenvalue weighted by Gasteiger charge is 2.22. The van der Waals surface area contributed by atoms with Gasteiger partial charge in [-0.2, -0.15) is 5.10 Å². The molecule has 0 bridgehead atoms. The van der Waals surface area contributed by atoms with Crippen LogP contribution in [0.3, 0.4) is 0 Å². The van der Waals surface area contributed by atoms with Crippen LogP contribution in [-0.4, -0.2) is 46.9 Å². The Labute approximate surface area is 114 Å². The number of hydrogen-bond donors (Lipinski definition) is 1. The molecule has 1 atom stereocenters. The molecule has 1 unspecified atom stereocenters. The second kappa shape index (κ2) is 7.57. The lowest BCUT2D eigenvalue weighted by Crippen LogP contribution is -2.36. The number of rotatable bonds is 8. The second-order valence-electron chi connectivity index (χ2n) is 4.75. The summed E-state index contributed by atoms with van der Waals surface area (Å²) in [6, 6.07) is 0.317. The number of nitrogens with zero attached hydrogens (tertiary/aromatic N) is 3. The average molecular weight is 268 g/mol. The van der Waals surface area contributed by atoms with Crippen LogP contribution in [0.4, 0.5) is 0 Å². The monoisotopic (exact) mass is 268 g/mol. The Morgan fingerprint density at radius 2 is 2.21 bits per heavy atom. The Bertz CT molecular complexity index is 363. The van der Waals surface area contributed by atoms with E-state index in [0.29, 0.717) is 19.3 Å². The molecule has 2 rings (SSSR count). The van der Waals surface area contributed by atoms with Crippen LogP contribution in [0.15, 0.2) is 6.33 Å². The molecule has 1 aromatic heterocycles. The molecule has 0 radical (unpaired) electrons. The van der Waals surface area contributed by atoms with Crippen LogP contribution in [0.5, 0.6) is 0 Å². The third-order valence-corrected chi connectivity index (χ3v) is 3.28. The lowest BCUT2D eigenvalue weighted by molar-refractivity contribution is -0.0527. The summed E-state index contributed by atoms with van der Waals surface area (Å²) in [4.78, 5) is 4.34. The molecule has 1 N–H and O–H groups in total. The van der Waals surface area contributed by atoms with E-state index in [-0.39, 0.29) is 6.29 Å². The quantitative estimate of drug-likeness (QED) is 0.761. The number of nitrogens with one attached hydrogen (secondary N) is 1. The summed E-state index contributed by atoms with van der Waals surface area (Å²) in [5.41, 5.74) is 0.